The molecule has 2 aliphatic rings. The summed E-state index contributed by atoms with van der Waals surface area (Å²) in [7, 11) is 0. The van der Waals surface area contributed by atoms with Crippen LogP contribution in [0.2, 0.25) is 0 Å². The highest BCUT2D eigenvalue weighted by Crippen LogP contribution is 2.42. The van der Waals surface area contributed by atoms with Gasteiger partial charge in [-0.1, -0.05) is 31.5 Å². The smallest absolute Gasteiger partial charge is 0.264 e. The maximum absolute atomic E-state index is 12.7. The number of benzene rings is 1. The highest BCUT2D eigenvalue weighted by atomic mass is 32.2. The Morgan fingerprint density at radius 2 is 2.05 bits per heavy atom. The summed E-state index contributed by atoms with van der Waals surface area (Å²) < 4.78 is 0. The minimum absolute atomic E-state index is 0.0692. The molecule has 2 heterocycles. The third kappa shape index (κ3) is 2.25. The molecule has 0 spiro atoms. The quantitative estimate of drug-likeness (QED) is 0.842. The van der Waals surface area contributed by atoms with Gasteiger partial charge in [-0.2, -0.15) is 0 Å². The molecule has 0 saturated carbocycles. The topological polar surface area (TPSA) is 73.3 Å². The molecule has 108 valence electrons. The molecule has 0 aromatic heterocycles. The predicted molar refractivity (Wildman–Crippen MR) is 84.1 cm³/mol. The zero-order valence-corrected chi connectivity index (χ0v) is 12.4. The Hall–Kier alpha value is -2.08. The minimum atomic E-state index is -0.361. The Morgan fingerprint density at radius 3 is 2.71 bits per heavy atom. The van der Waals surface area contributed by atoms with Crippen LogP contribution in [0.5, 0.6) is 0 Å². The van der Waals surface area contributed by atoms with E-state index in [9.17, 15) is 9.59 Å². The maximum atomic E-state index is 12.7. The highest BCUT2D eigenvalue weighted by molar-refractivity contribution is 8.18. The molecule has 1 aromatic carbocycles. The second-order valence-corrected chi connectivity index (χ2v) is 5.94. The standard InChI is InChI=1S/C15H15N3O2S/c1-2-3-8-18-10-7-5-4-6-9(10)11(14(18)20)12-13(19)17-15(16)21-12/h4-7H,2-3,8H2,1H3,(H2,16,17,19). The monoisotopic (exact) mass is 301 g/mol. The normalized spacial score (nSPS) is 21.0. The van der Waals surface area contributed by atoms with E-state index in [1.54, 1.807) is 4.90 Å². The molecule has 0 radical (unpaired) electrons. The first-order valence-electron chi connectivity index (χ1n) is 6.86. The molecular formula is C15H15N3O2S. The zero-order chi connectivity index (χ0) is 15.0. The van der Waals surface area contributed by atoms with Gasteiger partial charge in [0.25, 0.3) is 11.8 Å². The molecule has 2 amide bonds. The fraction of sp³-hybridized carbons (Fsp3) is 0.267. The second kappa shape index (κ2) is 5.37. The molecular weight excluding hydrogens is 286 g/mol. The Labute approximate surface area is 126 Å². The number of amidine groups is 1. The van der Waals surface area contributed by atoms with E-state index in [1.807, 2.05) is 24.3 Å². The van der Waals surface area contributed by atoms with E-state index < -0.39 is 0 Å². The van der Waals surface area contributed by atoms with E-state index in [0.717, 1.165) is 35.9 Å². The van der Waals surface area contributed by atoms with Crippen molar-refractivity contribution in [1.82, 2.24) is 5.32 Å². The number of fused-ring (bicyclic) bond motifs is 1. The van der Waals surface area contributed by atoms with Crippen molar-refractivity contribution >= 4 is 40.0 Å². The number of amides is 2. The Bertz CT molecular complexity index is 681. The summed E-state index contributed by atoms with van der Waals surface area (Å²) in [4.78, 5) is 26.7. The van der Waals surface area contributed by atoms with Crippen LogP contribution in [0, 0.1) is 5.41 Å². The summed E-state index contributed by atoms with van der Waals surface area (Å²) >= 11 is 1.02. The number of anilines is 1. The number of thioether (sulfide) groups is 1. The van der Waals surface area contributed by atoms with E-state index >= 15 is 0 Å². The summed E-state index contributed by atoms with van der Waals surface area (Å²) in [5, 5.41) is 10.1. The third-order valence-corrected chi connectivity index (χ3v) is 4.42. The van der Waals surface area contributed by atoms with Crippen LogP contribution in [0.3, 0.4) is 0 Å². The molecule has 0 bridgehead atoms. The van der Waals surface area contributed by atoms with Gasteiger partial charge in [0.05, 0.1) is 16.2 Å². The number of carbonyl (C=O) groups excluding carboxylic acids is 2. The van der Waals surface area contributed by atoms with Gasteiger partial charge >= 0.3 is 0 Å². The number of nitrogens with one attached hydrogen (secondary N) is 2. The van der Waals surface area contributed by atoms with Crippen molar-refractivity contribution < 1.29 is 9.59 Å². The van der Waals surface area contributed by atoms with Crippen LogP contribution in [0.15, 0.2) is 29.2 Å². The van der Waals surface area contributed by atoms with E-state index in [0.29, 0.717) is 17.0 Å². The van der Waals surface area contributed by atoms with E-state index in [4.69, 9.17) is 5.41 Å². The zero-order valence-electron chi connectivity index (χ0n) is 11.6. The summed E-state index contributed by atoms with van der Waals surface area (Å²) in [6, 6.07) is 7.51. The van der Waals surface area contributed by atoms with E-state index in [2.05, 4.69) is 12.2 Å². The van der Waals surface area contributed by atoms with Crippen LogP contribution < -0.4 is 10.2 Å². The van der Waals surface area contributed by atoms with Gasteiger partial charge in [-0.15, -0.1) is 0 Å². The molecule has 1 saturated heterocycles. The lowest BCUT2D eigenvalue weighted by atomic mass is 10.1. The lowest BCUT2D eigenvalue weighted by Gasteiger charge is -2.16. The SMILES string of the molecule is CCCCN1C(=O)C(=C2SC(=N)NC2=O)c2ccccc21. The minimum Gasteiger partial charge on any atom is -0.308 e. The number of hydrogen-bond donors (Lipinski definition) is 2. The van der Waals surface area contributed by atoms with Gasteiger partial charge in [0.1, 0.15) is 0 Å². The van der Waals surface area contributed by atoms with Gasteiger partial charge in [-0.3, -0.25) is 15.0 Å². The summed E-state index contributed by atoms with van der Waals surface area (Å²) in [5.41, 5.74) is 2.06. The Balaban J connectivity index is 2.11. The van der Waals surface area contributed by atoms with Crippen LogP contribution >= 0.6 is 11.8 Å². The molecule has 0 aliphatic carbocycles. The van der Waals surface area contributed by atoms with Crippen LogP contribution in [-0.2, 0) is 9.59 Å². The number of rotatable bonds is 3. The molecule has 6 heteroatoms. The fourth-order valence-electron chi connectivity index (χ4n) is 2.54. The maximum Gasteiger partial charge on any atom is 0.264 e. The number of unbranched alkanes of at least 4 members (excludes halogenated alkanes) is 1. The third-order valence-electron chi connectivity index (χ3n) is 3.52. The van der Waals surface area contributed by atoms with Crippen LogP contribution in [0.25, 0.3) is 5.57 Å². The van der Waals surface area contributed by atoms with Gasteiger partial charge in [-0.25, -0.2) is 0 Å². The van der Waals surface area contributed by atoms with Gasteiger partial charge in [0.15, 0.2) is 5.17 Å². The summed E-state index contributed by atoms with van der Waals surface area (Å²) in [6.07, 6.45) is 1.91. The first kappa shape index (κ1) is 13.9. The molecule has 3 rings (SSSR count). The first-order chi connectivity index (χ1) is 10.1. The van der Waals surface area contributed by atoms with Gasteiger partial charge < -0.3 is 10.2 Å². The molecule has 0 unspecified atom stereocenters. The lowest BCUT2D eigenvalue weighted by molar-refractivity contribution is -0.116. The molecule has 1 fully saturated rings. The number of para-hydroxylation sites is 1. The van der Waals surface area contributed by atoms with E-state index in [1.165, 1.54) is 0 Å². The second-order valence-electron chi connectivity index (χ2n) is 4.92. The number of carbonyl (C=O) groups is 2. The molecule has 5 nitrogen and oxygen atoms in total. The average Bonchev–Trinajstić information content (AvgIpc) is 2.93. The predicted octanol–water partition coefficient (Wildman–Crippen LogP) is 2.34. The van der Waals surface area contributed by atoms with Crippen LogP contribution in [-0.4, -0.2) is 23.5 Å². The van der Waals surface area contributed by atoms with Gasteiger partial charge in [0.2, 0.25) is 0 Å². The van der Waals surface area contributed by atoms with Crippen molar-refractivity contribution in [2.24, 2.45) is 0 Å². The average molecular weight is 301 g/mol. The van der Waals surface area contributed by atoms with Crippen molar-refractivity contribution in [2.75, 3.05) is 11.4 Å². The Morgan fingerprint density at radius 1 is 1.29 bits per heavy atom. The van der Waals surface area contributed by atoms with Crippen molar-refractivity contribution in [2.45, 2.75) is 19.8 Å². The molecule has 1 aromatic rings. The lowest BCUT2D eigenvalue weighted by Crippen LogP contribution is -2.28. The number of nitrogens with zero attached hydrogens (tertiary/aromatic N) is 1. The van der Waals surface area contributed by atoms with Crippen LogP contribution in [0.4, 0.5) is 5.69 Å². The summed E-state index contributed by atoms with van der Waals surface area (Å²) in [5.74, 6) is -0.502. The van der Waals surface area contributed by atoms with Crippen molar-refractivity contribution in [3.8, 4) is 0 Å². The first-order valence-corrected chi connectivity index (χ1v) is 7.68. The van der Waals surface area contributed by atoms with Crippen molar-refractivity contribution in [1.29, 1.82) is 5.41 Å². The van der Waals surface area contributed by atoms with Gasteiger partial charge in [-0.05, 0) is 24.2 Å². The van der Waals surface area contributed by atoms with Crippen molar-refractivity contribution in [3.63, 3.8) is 0 Å². The highest BCUT2D eigenvalue weighted by Gasteiger charge is 2.38. The molecule has 21 heavy (non-hydrogen) atoms. The molecule has 2 aliphatic heterocycles. The van der Waals surface area contributed by atoms with Crippen molar-refractivity contribution in [3.05, 3.63) is 34.7 Å². The van der Waals surface area contributed by atoms with Crippen LogP contribution in [0.1, 0.15) is 25.3 Å². The number of hydrogen-bond acceptors (Lipinski definition) is 4. The summed E-state index contributed by atoms with van der Waals surface area (Å²) in [6.45, 7) is 2.72. The Kier molecular flexibility index (Phi) is 3.55. The van der Waals surface area contributed by atoms with Gasteiger partial charge in [0, 0.05) is 12.1 Å². The molecule has 2 N–H and O–H groups in total. The largest absolute Gasteiger partial charge is 0.308 e. The molecule has 0 atom stereocenters. The van der Waals surface area contributed by atoms with E-state index in [-0.39, 0.29) is 17.0 Å². The fourth-order valence-corrected chi connectivity index (χ4v) is 3.33.